The van der Waals surface area contributed by atoms with Gasteiger partial charge in [0.2, 0.25) is 0 Å². The maximum Gasteiger partial charge on any atom is 0.308 e. The van der Waals surface area contributed by atoms with Crippen molar-refractivity contribution in [3.8, 4) is 0 Å². The summed E-state index contributed by atoms with van der Waals surface area (Å²) in [5.74, 6) is -1.43. The van der Waals surface area contributed by atoms with Crippen molar-refractivity contribution in [2.75, 3.05) is 18.8 Å². The summed E-state index contributed by atoms with van der Waals surface area (Å²) >= 11 is 0. The number of nitrogen functional groups attached to an aromatic ring is 1. The number of carbonyl (C=O) groups is 2. The molecule has 1 aliphatic heterocycles. The number of rotatable bonds is 2. The molecule has 1 amide bonds. The molecule has 1 fully saturated rings. The Kier molecular flexibility index (Phi) is 3.74. The number of likely N-dealkylation sites (tertiary alicyclic amines) is 1. The molecule has 1 aliphatic rings. The summed E-state index contributed by atoms with van der Waals surface area (Å²) in [5, 5.41) is 9.03. The lowest BCUT2D eigenvalue weighted by Crippen LogP contribution is -2.42. The first-order chi connectivity index (χ1) is 8.99. The summed E-state index contributed by atoms with van der Waals surface area (Å²) < 4.78 is 0. The average molecular weight is 262 g/mol. The highest BCUT2D eigenvalue weighted by Gasteiger charge is 2.28. The zero-order chi connectivity index (χ0) is 14.0. The number of carbonyl (C=O) groups excluding carboxylic acids is 1. The van der Waals surface area contributed by atoms with Gasteiger partial charge in [-0.15, -0.1) is 0 Å². The Morgan fingerprint density at radius 2 is 2.16 bits per heavy atom. The van der Waals surface area contributed by atoms with Crippen LogP contribution in [-0.4, -0.2) is 35.0 Å². The second kappa shape index (κ2) is 5.30. The number of piperidine rings is 1. The van der Waals surface area contributed by atoms with Gasteiger partial charge in [-0.1, -0.05) is 6.07 Å². The van der Waals surface area contributed by atoms with Crippen LogP contribution in [0.3, 0.4) is 0 Å². The van der Waals surface area contributed by atoms with Crippen LogP contribution in [0.15, 0.2) is 18.2 Å². The van der Waals surface area contributed by atoms with Crippen LogP contribution in [0.1, 0.15) is 28.8 Å². The van der Waals surface area contributed by atoms with Gasteiger partial charge in [0, 0.05) is 24.3 Å². The number of benzene rings is 1. The molecule has 5 heteroatoms. The fourth-order valence-electron chi connectivity index (χ4n) is 2.32. The summed E-state index contributed by atoms with van der Waals surface area (Å²) in [6.07, 6.45) is 1.36. The van der Waals surface area contributed by atoms with Gasteiger partial charge in [-0.2, -0.15) is 0 Å². The Morgan fingerprint density at radius 3 is 2.79 bits per heavy atom. The first kappa shape index (κ1) is 13.4. The van der Waals surface area contributed by atoms with Crippen molar-refractivity contribution >= 4 is 17.6 Å². The molecular formula is C14H18N2O3. The third-order valence-electron chi connectivity index (χ3n) is 3.58. The Labute approximate surface area is 112 Å². The van der Waals surface area contributed by atoms with Crippen LogP contribution in [0, 0.1) is 12.8 Å². The van der Waals surface area contributed by atoms with E-state index >= 15 is 0 Å². The molecule has 0 bridgehead atoms. The number of anilines is 1. The van der Waals surface area contributed by atoms with E-state index in [0.717, 1.165) is 12.0 Å². The summed E-state index contributed by atoms with van der Waals surface area (Å²) in [6, 6.07) is 5.20. The van der Waals surface area contributed by atoms with Crippen LogP contribution in [0.4, 0.5) is 5.69 Å². The van der Waals surface area contributed by atoms with Gasteiger partial charge < -0.3 is 15.7 Å². The highest BCUT2D eigenvalue weighted by atomic mass is 16.4. The minimum atomic E-state index is -0.832. The monoisotopic (exact) mass is 262 g/mol. The van der Waals surface area contributed by atoms with Gasteiger partial charge in [-0.3, -0.25) is 9.59 Å². The Bertz CT molecular complexity index is 513. The van der Waals surface area contributed by atoms with E-state index in [1.54, 1.807) is 23.1 Å². The van der Waals surface area contributed by atoms with Gasteiger partial charge in [0.25, 0.3) is 5.91 Å². The van der Waals surface area contributed by atoms with E-state index in [2.05, 4.69) is 0 Å². The third kappa shape index (κ3) is 2.86. The lowest BCUT2D eigenvalue weighted by atomic mass is 9.97. The second-order valence-corrected chi connectivity index (χ2v) is 5.00. The molecule has 5 nitrogen and oxygen atoms in total. The molecule has 1 aromatic rings. The van der Waals surface area contributed by atoms with Crippen LogP contribution < -0.4 is 5.73 Å². The molecule has 3 N–H and O–H groups in total. The van der Waals surface area contributed by atoms with Crippen LogP contribution in [-0.2, 0) is 4.79 Å². The highest BCUT2D eigenvalue weighted by Crippen LogP contribution is 2.20. The second-order valence-electron chi connectivity index (χ2n) is 5.00. The number of nitrogens with zero attached hydrogens (tertiary/aromatic N) is 1. The number of carboxylic acid groups (broad SMARTS) is 1. The third-order valence-corrected chi connectivity index (χ3v) is 3.58. The van der Waals surface area contributed by atoms with Gasteiger partial charge in [-0.25, -0.2) is 0 Å². The van der Waals surface area contributed by atoms with Gasteiger partial charge >= 0.3 is 5.97 Å². The SMILES string of the molecule is Cc1ccc(C(=O)N2CCC[C@H](C(=O)O)C2)cc1N. The molecule has 19 heavy (non-hydrogen) atoms. The van der Waals surface area contributed by atoms with Crippen LogP contribution in [0.5, 0.6) is 0 Å². The number of aryl methyl sites for hydroxylation is 1. The molecule has 0 saturated carbocycles. The lowest BCUT2D eigenvalue weighted by Gasteiger charge is -2.30. The highest BCUT2D eigenvalue weighted by molar-refractivity contribution is 5.95. The van der Waals surface area contributed by atoms with Crippen molar-refractivity contribution in [3.63, 3.8) is 0 Å². The summed E-state index contributed by atoms with van der Waals surface area (Å²) in [6.45, 7) is 2.77. The van der Waals surface area contributed by atoms with E-state index in [9.17, 15) is 9.59 Å². The molecule has 0 spiro atoms. The molecule has 0 aromatic heterocycles. The number of aliphatic carboxylic acids is 1. The summed E-state index contributed by atoms with van der Waals surface area (Å²) in [4.78, 5) is 24.9. The smallest absolute Gasteiger partial charge is 0.308 e. The Hall–Kier alpha value is -2.04. The number of amides is 1. The predicted octanol–water partition coefficient (Wildman–Crippen LogP) is 1.51. The lowest BCUT2D eigenvalue weighted by molar-refractivity contribution is -0.143. The van der Waals surface area contributed by atoms with E-state index in [0.29, 0.717) is 24.2 Å². The van der Waals surface area contributed by atoms with E-state index in [-0.39, 0.29) is 12.5 Å². The van der Waals surface area contributed by atoms with E-state index < -0.39 is 11.9 Å². The minimum absolute atomic E-state index is 0.141. The quantitative estimate of drug-likeness (QED) is 0.791. The van der Waals surface area contributed by atoms with E-state index in [1.165, 1.54) is 0 Å². The van der Waals surface area contributed by atoms with Crippen molar-refractivity contribution in [1.29, 1.82) is 0 Å². The van der Waals surface area contributed by atoms with E-state index in [4.69, 9.17) is 10.8 Å². The van der Waals surface area contributed by atoms with Crippen molar-refractivity contribution in [3.05, 3.63) is 29.3 Å². The fourth-order valence-corrected chi connectivity index (χ4v) is 2.32. The van der Waals surface area contributed by atoms with Crippen molar-refractivity contribution in [1.82, 2.24) is 4.90 Å². The van der Waals surface area contributed by atoms with Crippen LogP contribution >= 0.6 is 0 Å². The normalized spacial score (nSPS) is 19.2. The number of hydrogen-bond donors (Lipinski definition) is 2. The molecule has 1 aromatic carbocycles. The first-order valence-electron chi connectivity index (χ1n) is 6.37. The van der Waals surface area contributed by atoms with Crippen molar-refractivity contribution in [2.24, 2.45) is 5.92 Å². The van der Waals surface area contributed by atoms with Crippen LogP contribution in [0.25, 0.3) is 0 Å². The minimum Gasteiger partial charge on any atom is -0.481 e. The Morgan fingerprint density at radius 1 is 1.42 bits per heavy atom. The largest absolute Gasteiger partial charge is 0.481 e. The maximum atomic E-state index is 12.3. The fraction of sp³-hybridized carbons (Fsp3) is 0.429. The standard InChI is InChI=1S/C14H18N2O3/c1-9-4-5-10(7-12(9)15)13(17)16-6-2-3-11(8-16)14(18)19/h4-5,7,11H,2-3,6,8,15H2,1H3,(H,18,19)/t11-/m0/s1. The van der Waals surface area contributed by atoms with Gasteiger partial charge in [-0.05, 0) is 37.5 Å². The van der Waals surface area contributed by atoms with Gasteiger partial charge in [0.05, 0.1) is 5.92 Å². The summed E-state index contributed by atoms with van der Waals surface area (Å²) in [5.41, 5.74) is 7.83. The molecule has 1 saturated heterocycles. The average Bonchev–Trinajstić information content (AvgIpc) is 2.41. The number of nitrogens with two attached hydrogens (primary N) is 1. The predicted molar refractivity (Wildman–Crippen MR) is 71.9 cm³/mol. The molecule has 1 heterocycles. The van der Waals surface area contributed by atoms with Gasteiger partial charge in [0.15, 0.2) is 0 Å². The number of hydrogen-bond acceptors (Lipinski definition) is 3. The molecular weight excluding hydrogens is 244 g/mol. The van der Waals surface area contributed by atoms with Crippen molar-refractivity contribution in [2.45, 2.75) is 19.8 Å². The zero-order valence-corrected chi connectivity index (χ0v) is 10.9. The molecule has 1 atom stereocenters. The molecule has 0 aliphatic carbocycles. The zero-order valence-electron chi connectivity index (χ0n) is 10.9. The van der Waals surface area contributed by atoms with Gasteiger partial charge in [0.1, 0.15) is 0 Å². The van der Waals surface area contributed by atoms with Crippen molar-refractivity contribution < 1.29 is 14.7 Å². The molecule has 0 radical (unpaired) electrons. The van der Waals surface area contributed by atoms with Crippen LogP contribution in [0.2, 0.25) is 0 Å². The number of carboxylic acids is 1. The maximum absolute atomic E-state index is 12.3. The van der Waals surface area contributed by atoms with E-state index in [1.807, 2.05) is 6.92 Å². The summed E-state index contributed by atoms with van der Waals surface area (Å²) in [7, 11) is 0. The molecule has 0 unspecified atom stereocenters. The molecule has 102 valence electrons. The topological polar surface area (TPSA) is 83.6 Å². The Balaban J connectivity index is 2.14. The first-order valence-corrected chi connectivity index (χ1v) is 6.37. The molecule has 2 rings (SSSR count).